The first-order chi connectivity index (χ1) is 11.0. The molecule has 122 valence electrons. The first kappa shape index (κ1) is 12.7. The molecule has 3 saturated heterocycles. The van der Waals surface area contributed by atoms with Gasteiger partial charge in [0, 0.05) is 29.5 Å². The van der Waals surface area contributed by atoms with Crippen LogP contribution in [0.3, 0.4) is 0 Å². The van der Waals surface area contributed by atoms with E-state index in [-0.39, 0.29) is 16.9 Å². The van der Waals surface area contributed by atoms with Crippen molar-refractivity contribution in [2.75, 3.05) is 6.54 Å². The molecule has 0 aromatic heterocycles. The zero-order chi connectivity index (χ0) is 15.5. The zero-order valence-corrected chi connectivity index (χ0v) is 13.8. The minimum atomic E-state index is -0.175. The van der Waals surface area contributed by atoms with Gasteiger partial charge in [0.2, 0.25) is 0 Å². The molecule has 1 N–H and O–H groups in total. The van der Waals surface area contributed by atoms with Gasteiger partial charge in [0.05, 0.1) is 6.10 Å². The second kappa shape index (κ2) is 3.10. The molecule has 3 heteroatoms. The topological polar surface area (TPSA) is 40.5 Å². The molecular weight excluding hydrogens is 286 g/mol. The van der Waals surface area contributed by atoms with E-state index < -0.39 is 0 Å². The number of carbonyl (C=O) groups excluding carboxylic acids is 1. The molecule has 11 atom stereocenters. The van der Waals surface area contributed by atoms with Gasteiger partial charge in [0.25, 0.3) is 0 Å². The smallest absolute Gasteiger partial charge is 0.165 e. The minimum absolute atomic E-state index is 0.0456. The molecule has 9 fully saturated rings. The summed E-state index contributed by atoms with van der Waals surface area (Å²) < 4.78 is 0. The number of rotatable bonds is 0. The Morgan fingerprint density at radius 2 is 2.17 bits per heavy atom. The standard InChI is InChI=1S/C20H25NO2/c1-9-10-5-11-16-20-13(6-10)19(11,17(9)23)7-12-15(20)18(2,8-21(12)16)4-3-14(20)22/h10-16,22H,1,3-8H2,2H3/t10-,11?,12-,13+,14+,15+,16?,18-,19+,20-/m0/s1. The Morgan fingerprint density at radius 1 is 1.35 bits per heavy atom. The van der Waals surface area contributed by atoms with E-state index in [1.807, 2.05) is 0 Å². The van der Waals surface area contributed by atoms with Crippen LogP contribution >= 0.6 is 0 Å². The highest BCUT2D eigenvalue weighted by molar-refractivity contribution is 6.03. The fourth-order valence-corrected chi connectivity index (χ4v) is 10.1. The summed E-state index contributed by atoms with van der Waals surface area (Å²) >= 11 is 0. The Hall–Kier alpha value is -0.670. The molecule has 3 heterocycles. The van der Waals surface area contributed by atoms with E-state index in [0.29, 0.717) is 47.0 Å². The van der Waals surface area contributed by atoms with Crippen LogP contribution in [0.25, 0.3) is 0 Å². The Labute approximate surface area is 137 Å². The van der Waals surface area contributed by atoms with Gasteiger partial charge in [-0.05, 0) is 66.8 Å². The van der Waals surface area contributed by atoms with Crippen LogP contribution in [0.15, 0.2) is 12.2 Å². The van der Waals surface area contributed by atoms with Gasteiger partial charge in [-0.2, -0.15) is 0 Å². The molecule has 6 saturated carbocycles. The first-order valence-corrected chi connectivity index (χ1v) is 9.63. The number of Topliss-reactive ketones (excluding diaryl/α,β-unsaturated/α-hetero) is 1. The molecule has 3 aliphatic heterocycles. The third-order valence-corrected chi connectivity index (χ3v) is 10.2. The second-order valence-corrected chi connectivity index (χ2v) is 10.3. The SMILES string of the molecule is C=C1C(=O)[C@]23C[C@H]4[C@@H]5[C@@]6(C)CC[C@@H](O)[C@]57C(C2C[C@H]1C[C@@H]73)N4C6. The van der Waals surface area contributed by atoms with Gasteiger partial charge in [-0.15, -0.1) is 0 Å². The molecule has 9 aliphatic rings. The van der Waals surface area contributed by atoms with Gasteiger partial charge in [-0.25, -0.2) is 0 Å². The van der Waals surface area contributed by atoms with Crippen molar-refractivity contribution in [3.05, 3.63) is 12.2 Å². The van der Waals surface area contributed by atoms with Gasteiger partial charge in [0.15, 0.2) is 5.78 Å². The summed E-state index contributed by atoms with van der Waals surface area (Å²) in [6.45, 7) is 7.90. The maximum Gasteiger partial charge on any atom is 0.165 e. The summed E-state index contributed by atoms with van der Waals surface area (Å²) in [5, 5.41) is 11.3. The molecule has 3 nitrogen and oxygen atoms in total. The number of piperidine rings is 2. The van der Waals surface area contributed by atoms with E-state index in [4.69, 9.17) is 0 Å². The minimum Gasteiger partial charge on any atom is -0.392 e. The summed E-state index contributed by atoms with van der Waals surface area (Å²) in [4.78, 5) is 16.1. The molecule has 2 spiro atoms. The number of hydrogen-bond acceptors (Lipinski definition) is 3. The van der Waals surface area contributed by atoms with Crippen molar-refractivity contribution < 1.29 is 9.90 Å². The molecule has 0 aromatic carbocycles. The molecule has 6 aliphatic carbocycles. The number of fused-ring (bicyclic) bond motifs is 1. The van der Waals surface area contributed by atoms with Crippen LogP contribution < -0.4 is 0 Å². The predicted octanol–water partition coefficient (Wildman–Crippen LogP) is 2.00. The maximum absolute atomic E-state index is 13.3. The van der Waals surface area contributed by atoms with E-state index in [1.54, 1.807) is 0 Å². The van der Waals surface area contributed by atoms with Gasteiger partial charge >= 0.3 is 0 Å². The molecule has 23 heavy (non-hydrogen) atoms. The number of nitrogens with zero attached hydrogens (tertiary/aromatic N) is 1. The lowest BCUT2D eigenvalue weighted by molar-refractivity contribution is -0.176. The van der Waals surface area contributed by atoms with E-state index in [1.165, 1.54) is 19.4 Å². The Morgan fingerprint density at radius 3 is 3.00 bits per heavy atom. The van der Waals surface area contributed by atoms with Crippen LogP contribution in [-0.2, 0) is 4.79 Å². The van der Waals surface area contributed by atoms with Crippen LogP contribution in [0.5, 0.6) is 0 Å². The second-order valence-electron chi connectivity index (χ2n) is 10.3. The molecule has 0 radical (unpaired) electrons. The van der Waals surface area contributed by atoms with Crippen molar-refractivity contribution in [1.82, 2.24) is 4.90 Å². The summed E-state index contributed by atoms with van der Waals surface area (Å²) in [7, 11) is 0. The molecule has 3 unspecified atom stereocenters. The van der Waals surface area contributed by atoms with Crippen molar-refractivity contribution >= 4 is 5.78 Å². The largest absolute Gasteiger partial charge is 0.392 e. The van der Waals surface area contributed by atoms with Crippen LogP contribution in [0.4, 0.5) is 0 Å². The number of ketones is 1. The average molecular weight is 311 g/mol. The molecule has 9 rings (SSSR count). The normalized spacial score (nSPS) is 72.4. The monoisotopic (exact) mass is 311 g/mol. The number of allylic oxidation sites excluding steroid dienone is 1. The average Bonchev–Trinajstić information content (AvgIpc) is 2.94. The fourth-order valence-electron chi connectivity index (χ4n) is 10.1. The van der Waals surface area contributed by atoms with Gasteiger partial charge < -0.3 is 5.11 Å². The van der Waals surface area contributed by atoms with Crippen molar-refractivity contribution in [1.29, 1.82) is 0 Å². The number of carbonyl (C=O) groups is 1. The highest BCUT2D eigenvalue weighted by Crippen LogP contribution is 2.86. The summed E-state index contributed by atoms with van der Waals surface area (Å²) in [5.41, 5.74) is 1.24. The molecule has 0 amide bonds. The zero-order valence-electron chi connectivity index (χ0n) is 13.8. The van der Waals surface area contributed by atoms with Gasteiger partial charge in [0.1, 0.15) is 0 Å². The third-order valence-electron chi connectivity index (χ3n) is 10.2. The van der Waals surface area contributed by atoms with Crippen molar-refractivity contribution in [2.24, 2.45) is 39.9 Å². The van der Waals surface area contributed by atoms with E-state index in [0.717, 1.165) is 24.8 Å². The van der Waals surface area contributed by atoms with Crippen LogP contribution in [0.2, 0.25) is 0 Å². The lowest BCUT2D eigenvalue weighted by Crippen LogP contribution is -2.65. The quantitative estimate of drug-likeness (QED) is 0.696. The third kappa shape index (κ3) is 0.877. The maximum atomic E-state index is 13.3. The molecule has 0 aromatic rings. The van der Waals surface area contributed by atoms with Gasteiger partial charge in [-0.3, -0.25) is 9.69 Å². The lowest BCUT2D eigenvalue weighted by atomic mass is 9.40. The van der Waals surface area contributed by atoms with Crippen LogP contribution in [-0.4, -0.2) is 40.5 Å². The summed E-state index contributed by atoms with van der Waals surface area (Å²) in [5.74, 6) is 2.44. The van der Waals surface area contributed by atoms with Crippen LogP contribution in [0.1, 0.15) is 39.0 Å². The van der Waals surface area contributed by atoms with Crippen molar-refractivity contribution in [2.45, 2.75) is 57.2 Å². The predicted molar refractivity (Wildman–Crippen MR) is 84.5 cm³/mol. The van der Waals surface area contributed by atoms with Crippen LogP contribution in [0, 0.1) is 39.9 Å². The van der Waals surface area contributed by atoms with E-state index in [2.05, 4.69) is 18.4 Å². The van der Waals surface area contributed by atoms with Crippen molar-refractivity contribution in [3.8, 4) is 0 Å². The van der Waals surface area contributed by atoms with Gasteiger partial charge in [-0.1, -0.05) is 13.5 Å². The van der Waals surface area contributed by atoms with E-state index in [9.17, 15) is 9.90 Å². The highest BCUT2D eigenvalue weighted by atomic mass is 16.3. The highest BCUT2D eigenvalue weighted by Gasteiger charge is 2.90. The number of aliphatic hydroxyl groups excluding tert-OH is 1. The molecular formula is C20H25NO2. The first-order valence-electron chi connectivity index (χ1n) is 9.63. The van der Waals surface area contributed by atoms with E-state index >= 15 is 0 Å². The fraction of sp³-hybridized carbons (Fsp3) is 0.850. The Balaban J connectivity index is 1.56. The molecule has 9 bridgehead atoms. The lowest BCUT2D eigenvalue weighted by Gasteiger charge is -2.62. The van der Waals surface area contributed by atoms with Crippen molar-refractivity contribution in [3.63, 3.8) is 0 Å². The number of hydrogen-bond donors (Lipinski definition) is 1. The Kier molecular flexibility index (Phi) is 1.71. The summed E-state index contributed by atoms with van der Waals surface area (Å²) in [6, 6.07) is 1.07. The Bertz CT molecular complexity index is 716. The number of aliphatic hydroxyl groups is 1. The summed E-state index contributed by atoms with van der Waals surface area (Å²) in [6.07, 6.45) is 5.36.